The Kier molecular flexibility index (Phi) is 4.89. The Labute approximate surface area is 160 Å². The minimum absolute atomic E-state index is 0.0605. The van der Waals surface area contributed by atoms with Crippen LogP contribution in [0.25, 0.3) is 22.8 Å². The van der Waals surface area contributed by atoms with Crippen LogP contribution >= 0.6 is 15.9 Å². The summed E-state index contributed by atoms with van der Waals surface area (Å²) < 4.78 is 6.94. The minimum Gasteiger partial charge on any atom is -0.436 e. The van der Waals surface area contributed by atoms with Crippen LogP contribution < -0.4 is 5.32 Å². The number of amides is 1. The highest BCUT2D eigenvalue weighted by Crippen LogP contribution is 2.29. The molecule has 0 atom stereocenters. The Morgan fingerprint density at radius 2 is 1.92 bits per heavy atom. The molecule has 1 aliphatic rings. The quantitative estimate of drug-likeness (QED) is 0.622. The second-order valence-corrected chi connectivity index (χ2v) is 7.46. The fourth-order valence-electron chi connectivity index (χ4n) is 3.37. The molecule has 26 heavy (non-hydrogen) atoms. The molecule has 0 bridgehead atoms. The smallest absolute Gasteiger partial charge is 0.252 e. The van der Waals surface area contributed by atoms with Crippen molar-refractivity contribution < 1.29 is 9.21 Å². The van der Waals surface area contributed by atoms with Gasteiger partial charge in [-0.05, 0) is 37.1 Å². The molecule has 4 nitrogen and oxygen atoms in total. The molecule has 1 amide bonds. The summed E-state index contributed by atoms with van der Waals surface area (Å²) in [6.45, 7) is 0. The average molecular weight is 411 g/mol. The normalized spacial score (nSPS) is 14.5. The van der Waals surface area contributed by atoms with Gasteiger partial charge >= 0.3 is 0 Å². The topological polar surface area (TPSA) is 55.1 Å². The van der Waals surface area contributed by atoms with Crippen LogP contribution in [0.4, 0.5) is 0 Å². The molecule has 3 aromatic rings. The van der Waals surface area contributed by atoms with Crippen molar-refractivity contribution >= 4 is 21.8 Å². The van der Waals surface area contributed by atoms with Gasteiger partial charge in [-0.2, -0.15) is 0 Å². The highest BCUT2D eigenvalue weighted by Gasteiger charge is 2.21. The summed E-state index contributed by atoms with van der Waals surface area (Å²) in [7, 11) is 0. The van der Waals surface area contributed by atoms with Gasteiger partial charge in [0.25, 0.3) is 5.91 Å². The maximum atomic E-state index is 12.7. The second-order valence-electron chi connectivity index (χ2n) is 6.54. The lowest BCUT2D eigenvalue weighted by Crippen LogP contribution is -2.32. The molecule has 5 heteroatoms. The SMILES string of the molecule is O=C(NC1CCCC1)c1ccccc1-c1ncc(-c2cccc(Br)c2)o1. The van der Waals surface area contributed by atoms with Crippen LogP contribution in [0.5, 0.6) is 0 Å². The maximum absolute atomic E-state index is 12.7. The van der Waals surface area contributed by atoms with Gasteiger partial charge in [0.15, 0.2) is 5.76 Å². The minimum atomic E-state index is -0.0605. The van der Waals surface area contributed by atoms with Crippen LogP contribution in [0.15, 0.2) is 63.6 Å². The van der Waals surface area contributed by atoms with Crippen molar-refractivity contribution in [3.63, 3.8) is 0 Å². The predicted molar refractivity (Wildman–Crippen MR) is 105 cm³/mol. The van der Waals surface area contributed by atoms with Crippen molar-refractivity contribution in [3.8, 4) is 22.8 Å². The molecule has 0 spiro atoms. The van der Waals surface area contributed by atoms with Crippen molar-refractivity contribution in [2.45, 2.75) is 31.7 Å². The zero-order valence-electron chi connectivity index (χ0n) is 14.2. The number of carbonyl (C=O) groups excluding carboxylic acids is 1. The van der Waals surface area contributed by atoms with Gasteiger partial charge in [0.2, 0.25) is 5.89 Å². The number of hydrogen-bond donors (Lipinski definition) is 1. The molecule has 132 valence electrons. The number of halogens is 1. The first-order valence-electron chi connectivity index (χ1n) is 8.83. The fourth-order valence-corrected chi connectivity index (χ4v) is 3.77. The van der Waals surface area contributed by atoms with Crippen LogP contribution in [0, 0.1) is 0 Å². The third-order valence-electron chi connectivity index (χ3n) is 4.71. The fraction of sp³-hybridized carbons (Fsp3) is 0.238. The van der Waals surface area contributed by atoms with E-state index in [9.17, 15) is 4.79 Å². The number of benzene rings is 2. The van der Waals surface area contributed by atoms with Gasteiger partial charge < -0.3 is 9.73 Å². The summed E-state index contributed by atoms with van der Waals surface area (Å²) >= 11 is 3.47. The van der Waals surface area contributed by atoms with Crippen molar-refractivity contribution in [2.75, 3.05) is 0 Å². The molecular formula is C21H19BrN2O2. The second kappa shape index (κ2) is 7.46. The van der Waals surface area contributed by atoms with Crippen LogP contribution in [-0.2, 0) is 0 Å². The lowest BCUT2D eigenvalue weighted by Gasteiger charge is -2.13. The van der Waals surface area contributed by atoms with Crippen LogP contribution in [0.1, 0.15) is 36.0 Å². The maximum Gasteiger partial charge on any atom is 0.252 e. The molecule has 0 radical (unpaired) electrons. The van der Waals surface area contributed by atoms with E-state index in [0.29, 0.717) is 22.8 Å². The molecule has 1 aliphatic carbocycles. The van der Waals surface area contributed by atoms with E-state index in [4.69, 9.17) is 4.42 Å². The number of nitrogens with zero attached hydrogens (tertiary/aromatic N) is 1. The van der Waals surface area contributed by atoms with Crippen molar-refractivity contribution in [1.29, 1.82) is 0 Å². The average Bonchev–Trinajstić information content (AvgIpc) is 3.33. The zero-order valence-corrected chi connectivity index (χ0v) is 15.8. The molecule has 4 rings (SSSR count). The summed E-state index contributed by atoms with van der Waals surface area (Å²) in [5.41, 5.74) is 2.25. The van der Waals surface area contributed by atoms with E-state index in [1.807, 2.05) is 48.5 Å². The Morgan fingerprint density at radius 1 is 1.12 bits per heavy atom. The van der Waals surface area contributed by atoms with Gasteiger partial charge in [-0.15, -0.1) is 0 Å². The summed E-state index contributed by atoms with van der Waals surface area (Å²) in [5.74, 6) is 1.07. The number of carbonyl (C=O) groups is 1. The van der Waals surface area contributed by atoms with Gasteiger partial charge in [-0.1, -0.05) is 53.0 Å². The molecule has 1 fully saturated rings. The van der Waals surface area contributed by atoms with Crippen molar-refractivity contribution in [1.82, 2.24) is 10.3 Å². The molecule has 1 saturated carbocycles. The third-order valence-corrected chi connectivity index (χ3v) is 5.20. The van der Waals surface area contributed by atoms with Gasteiger partial charge in [0.05, 0.1) is 11.8 Å². The summed E-state index contributed by atoms with van der Waals surface area (Å²) in [6, 6.07) is 15.6. The monoisotopic (exact) mass is 410 g/mol. The van der Waals surface area contributed by atoms with E-state index in [0.717, 1.165) is 22.9 Å². The van der Waals surface area contributed by atoms with E-state index < -0.39 is 0 Å². The number of aromatic nitrogens is 1. The number of nitrogens with one attached hydrogen (secondary N) is 1. The lowest BCUT2D eigenvalue weighted by molar-refractivity contribution is 0.0938. The van der Waals surface area contributed by atoms with E-state index in [1.165, 1.54) is 12.8 Å². The molecule has 1 heterocycles. The molecule has 1 N–H and O–H groups in total. The number of oxazole rings is 1. The van der Waals surface area contributed by atoms with Crippen molar-refractivity contribution in [3.05, 3.63) is 64.8 Å². The molecular weight excluding hydrogens is 392 g/mol. The highest BCUT2D eigenvalue weighted by atomic mass is 79.9. The highest BCUT2D eigenvalue weighted by molar-refractivity contribution is 9.10. The standard InChI is InChI=1S/C21H19BrN2O2/c22-15-7-5-6-14(12-15)19-13-23-21(26-19)18-11-4-3-10-17(18)20(25)24-16-8-1-2-9-16/h3-7,10-13,16H,1-2,8-9H2,(H,24,25). The van der Waals surface area contributed by atoms with Crippen molar-refractivity contribution in [2.24, 2.45) is 0 Å². The van der Waals surface area contributed by atoms with Crippen LogP contribution in [0.2, 0.25) is 0 Å². The van der Waals surface area contributed by atoms with Gasteiger partial charge in [-0.25, -0.2) is 4.98 Å². The Balaban J connectivity index is 1.63. The number of hydrogen-bond acceptors (Lipinski definition) is 3. The van der Waals surface area contributed by atoms with Crippen LogP contribution in [-0.4, -0.2) is 16.9 Å². The zero-order chi connectivity index (χ0) is 17.9. The largest absolute Gasteiger partial charge is 0.436 e. The molecule has 0 aliphatic heterocycles. The van der Waals surface area contributed by atoms with E-state index >= 15 is 0 Å². The number of rotatable bonds is 4. The molecule has 0 unspecified atom stereocenters. The van der Waals surface area contributed by atoms with E-state index in [1.54, 1.807) is 6.20 Å². The molecule has 0 saturated heterocycles. The Hall–Kier alpha value is -2.40. The summed E-state index contributed by atoms with van der Waals surface area (Å²) in [5, 5.41) is 3.14. The van der Waals surface area contributed by atoms with E-state index in [-0.39, 0.29) is 11.9 Å². The Bertz CT molecular complexity index is 929. The Morgan fingerprint density at radius 3 is 2.73 bits per heavy atom. The first kappa shape index (κ1) is 17.0. The summed E-state index contributed by atoms with van der Waals surface area (Å²) in [4.78, 5) is 17.1. The summed E-state index contributed by atoms with van der Waals surface area (Å²) in [6.07, 6.45) is 6.17. The van der Waals surface area contributed by atoms with Gasteiger partial charge in [0, 0.05) is 21.6 Å². The van der Waals surface area contributed by atoms with Crippen LogP contribution in [0.3, 0.4) is 0 Å². The van der Waals surface area contributed by atoms with E-state index in [2.05, 4.69) is 26.2 Å². The van der Waals surface area contributed by atoms with Gasteiger partial charge in [0.1, 0.15) is 0 Å². The molecule has 2 aromatic carbocycles. The lowest BCUT2D eigenvalue weighted by atomic mass is 10.1. The molecule has 1 aromatic heterocycles. The van der Waals surface area contributed by atoms with Gasteiger partial charge in [-0.3, -0.25) is 4.79 Å². The third kappa shape index (κ3) is 3.58. The predicted octanol–water partition coefficient (Wildman–Crippen LogP) is 5.44. The first-order chi connectivity index (χ1) is 12.7. The first-order valence-corrected chi connectivity index (χ1v) is 9.62.